The lowest BCUT2D eigenvalue weighted by Gasteiger charge is -2.46. The molecule has 0 fully saturated rings. The number of anilines is 6. The number of hydrogen-bond acceptors (Lipinski definition) is 2. The number of benzene rings is 12. The lowest BCUT2D eigenvalue weighted by atomic mass is 9.33. The molecule has 2 heterocycles. The van der Waals surface area contributed by atoms with Crippen molar-refractivity contribution in [2.24, 2.45) is 0 Å². The van der Waals surface area contributed by atoms with E-state index in [4.69, 9.17) is 0 Å². The molecule has 0 radical (unpaired) electrons. The molecule has 12 aromatic rings. The topological polar surface area (TPSA) is 6.48 Å². The van der Waals surface area contributed by atoms with Crippen molar-refractivity contribution in [3.05, 3.63) is 295 Å². The van der Waals surface area contributed by atoms with E-state index in [0.29, 0.717) is 0 Å². The fraction of sp³-hybridized carbons (Fsp3) is 0.133. The van der Waals surface area contributed by atoms with Gasteiger partial charge in [0.25, 0.3) is 6.71 Å². The van der Waals surface area contributed by atoms with Gasteiger partial charge in [-0.15, -0.1) is 0 Å². The third kappa shape index (κ3) is 9.57. The zero-order chi connectivity index (χ0) is 59.0. The molecule has 0 spiro atoms. The number of aryl methyl sites for hydroxylation is 3. The van der Waals surface area contributed by atoms with Crippen molar-refractivity contribution in [2.45, 2.75) is 73.1 Å². The number of hydrogen-bond donors (Lipinski definition) is 0. The molecular formula is C83H71BN2. The predicted molar refractivity (Wildman–Crippen MR) is 370 cm³/mol. The fourth-order valence-corrected chi connectivity index (χ4v) is 13.9. The SMILES string of the molecule is Cc1cc(C)c(-c2cc3c4c(c2)N(c2c(-c5ccccc5)cccc2-c2ccccc2)c2cc(-c5cc(C(C)(C)C)cc(C(C)(C)C)c5)ccc2B4c2ccc(-c4ccccc4)cc2N3c2c(-c3ccccc3)cccc2-c2ccccc2)c(C)c1. The Morgan fingerprint density at radius 1 is 0.279 bits per heavy atom. The van der Waals surface area contributed by atoms with Gasteiger partial charge in [-0.3, -0.25) is 0 Å². The molecule has 3 heteroatoms. The monoisotopic (exact) mass is 1110 g/mol. The van der Waals surface area contributed by atoms with Crippen molar-refractivity contribution in [1.82, 2.24) is 0 Å². The van der Waals surface area contributed by atoms with Crippen LogP contribution in [0.5, 0.6) is 0 Å². The Kier molecular flexibility index (Phi) is 13.5. The van der Waals surface area contributed by atoms with Gasteiger partial charge >= 0.3 is 0 Å². The summed E-state index contributed by atoms with van der Waals surface area (Å²) in [5.74, 6) is 0. The number of fused-ring (bicyclic) bond motifs is 4. The first-order valence-corrected chi connectivity index (χ1v) is 30.5. The zero-order valence-electron chi connectivity index (χ0n) is 50.9. The highest BCUT2D eigenvalue weighted by molar-refractivity contribution is 7.00. The molecule has 2 aliphatic rings. The molecule has 12 aromatic carbocycles. The first-order chi connectivity index (χ1) is 41.7. The largest absolute Gasteiger partial charge is 0.310 e. The standard InChI is InChI=1S/C83H71BN2/c1-54-45-55(2)78(56(3)46-54)65-51-76-79-77(52-65)86(81-70(60-33-21-13-22-34-60)39-26-40-71(81)61-35-23-14-24-36-61)75-50-63(64-47-66(82(4,5)6)53-67(48-64)83(7,8)9)42-44-73(75)84(79)72-43-41-62(57-27-15-10-16-28-57)49-74(72)85(76)80-68(58-29-17-11-18-30-58)37-25-38-69(80)59-31-19-12-20-32-59/h10-53H,1-9H3. The van der Waals surface area contributed by atoms with Crippen molar-refractivity contribution in [3.8, 4) is 77.9 Å². The molecule has 0 atom stereocenters. The molecule has 0 bridgehead atoms. The van der Waals surface area contributed by atoms with Crippen LogP contribution in [0.3, 0.4) is 0 Å². The predicted octanol–water partition coefficient (Wildman–Crippen LogP) is 21.0. The normalized spacial score (nSPS) is 12.6. The molecular weight excluding hydrogens is 1040 g/mol. The van der Waals surface area contributed by atoms with Gasteiger partial charge in [-0.05, 0) is 150 Å². The highest BCUT2D eigenvalue weighted by Crippen LogP contribution is 2.54. The van der Waals surface area contributed by atoms with E-state index in [1.54, 1.807) is 0 Å². The highest BCUT2D eigenvalue weighted by atomic mass is 15.2. The maximum atomic E-state index is 2.70. The van der Waals surface area contributed by atoms with Crippen LogP contribution in [0.25, 0.3) is 77.9 Å². The van der Waals surface area contributed by atoms with E-state index in [1.807, 2.05) is 0 Å². The molecule has 2 aliphatic heterocycles. The van der Waals surface area contributed by atoms with Crippen LogP contribution >= 0.6 is 0 Å². The Hall–Kier alpha value is -9.70. The number of nitrogens with zero attached hydrogens (tertiary/aromatic N) is 2. The summed E-state index contributed by atoms with van der Waals surface area (Å²) in [5.41, 5.74) is 33.5. The van der Waals surface area contributed by atoms with E-state index in [2.05, 4.69) is 339 Å². The summed E-state index contributed by atoms with van der Waals surface area (Å²) in [4.78, 5) is 5.37. The van der Waals surface area contributed by atoms with Crippen LogP contribution in [0.2, 0.25) is 0 Å². The summed E-state index contributed by atoms with van der Waals surface area (Å²) in [6, 6.07) is 101. The summed E-state index contributed by atoms with van der Waals surface area (Å²) in [7, 11) is 0. The second-order valence-electron chi connectivity index (χ2n) is 25.9. The highest BCUT2D eigenvalue weighted by Gasteiger charge is 2.46. The molecule has 0 saturated carbocycles. The smallest absolute Gasteiger partial charge is 0.252 e. The quantitative estimate of drug-likeness (QED) is 0.133. The second kappa shape index (κ2) is 21.4. The van der Waals surface area contributed by atoms with Crippen LogP contribution in [-0.4, -0.2) is 6.71 Å². The third-order valence-corrected chi connectivity index (χ3v) is 18.0. The Morgan fingerprint density at radius 2 is 0.616 bits per heavy atom. The molecule has 0 saturated heterocycles. The van der Waals surface area contributed by atoms with E-state index in [1.165, 1.54) is 83.3 Å². The van der Waals surface area contributed by atoms with Crippen molar-refractivity contribution >= 4 is 57.2 Å². The summed E-state index contributed by atoms with van der Waals surface area (Å²) >= 11 is 0. The van der Waals surface area contributed by atoms with Gasteiger partial charge in [0.1, 0.15) is 0 Å². The van der Waals surface area contributed by atoms with Gasteiger partial charge in [-0.25, -0.2) is 0 Å². The summed E-state index contributed by atoms with van der Waals surface area (Å²) in [6.45, 7) is 20.7. The van der Waals surface area contributed by atoms with Crippen molar-refractivity contribution in [2.75, 3.05) is 9.80 Å². The maximum Gasteiger partial charge on any atom is 0.252 e. The molecule has 2 nitrogen and oxygen atoms in total. The van der Waals surface area contributed by atoms with Crippen molar-refractivity contribution in [3.63, 3.8) is 0 Å². The van der Waals surface area contributed by atoms with Gasteiger partial charge in [0.2, 0.25) is 0 Å². The number of rotatable bonds is 9. The van der Waals surface area contributed by atoms with E-state index in [-0.39, 0.29) is 17.5 Å². The minimum absolute atomic E-state index is 0.0662. The van der Waals surface area contributed by atoms with Gasteiger partial charge in [0, 0.05) is 45.0 Å². The lowest BCUT2D eigenvalue weighted by molar-refractivity contribution is 0.569. The zero-order valence-corrected chi connectivity index (χ0v) is 50.9. The average Bonchev–Trinajstić information content (AvgIpc) is 0.701. The van der Waals surface area contributed by atoms with Crippen LogP contribution in [0.15, 0.2) is 267 Å². The Labute approximate surface area is 509 Å². The molecule has 0 aromatic heterocycles. The minimum Gasteiger partial charge on any atom is -0.310 e. The molecule has 0 aliphatic carbocycles. The van der Waals surface area contributed by atoms with E-state index >= 15 is 0 Å². The molecule has 0 unspecified atom stereocenters. The molecule has 0 N–H and O–H groups in total. The van der Waals surface area contributed by atoms with Crippen LogP contribution in [0.4, 0.5) is 34.1 Å². The van der Waals surface area contributed by atoms with Crippen LogP contribution in [0, 0.1) is 20.8 Å². The molecule has 14 rings (SSSR count). The Morgan fingerprint density at radius 3 is 0.977 bits per heavy atom. The van der Waals surface area contributed by atoms with Crippen molar-refractivity contribution in [1.29, 1.82) is 0 Å². The summed E-state index contributed by atoms with van der Waals surface area (Å²) in [6.07, 6.45) is 0. The number of para-hydroxylation sites is 2. The third-order valence-electron chi connectivity index (χ3n) is 18.0. The fourth-order valence-electron chi connectivity index (χ4n) is 13.9. The molecule has 0 amide bonds. The van der Waals surface area contributed by atoms with Crippen LogP contribution in [-0.2, 0) is 10.8 Å². The van der Waals surface area contributed by atoms with E-state index < -0.39 is 0 Å². The second-order valence-corrected chi connectivity index (χ2v) is 25.9. The van der Waals surface area contributed by atoms with E-state index in [9.17, 15) is 0 Å². The minimum atomic E-state index is -0.162. The molecule has 416 valence electrons. The van der Waals surface area contributed by atoms with Crippen LogP contribution < -0.4 is 26.2 Å². The average molecular weight is 1110 g/mol. The van der Waals surface area contributed by atoms with Gasteiger partial charge < -0.3 is 9.80 Å². The van der Waals surface area contributed by atoms with E-state index in [0.717, 1.165) is 72.9 Å². The van der Waals surface area contributed by atoms with Gasteiger partial charge in [0.05, 0.1) is 11.4 Å². The van der Waals surface area contributed by atoms with Gasteiger partial charge in [-0.1, -0.05) is 290 Å². The Bertz CT molecular complexity index is 4380. The summed E-state index contributed by atoms with van der Waals surface area (Å²) in [5, 5.41) is 0. The first-order valence-electron chi connectivity index (χ1n) is 30.5. The van der Waals surface area contributed by atoms with Crippen molar-refractivity contribution < 1.29 is 0 Å². The van der Waals surface area contributed by atoms with Gasteiger partial charge in [-0.2, -0.15) is 0 Å². The van der Waals surface area contributed by atoms with Crippen LogP contribution in [0.1, 0.15) is 69.4 Å². The van der Waals surface area contributed by atoms with Gasteiger partial charge in [0.15, 0.2) is 0 Å². The summed E-state index contributed by atoms with van der Waals surface area (Å²) < 4.78 is 0. The lowest BCUT2D eigenvalue weighted by Crippen LogP contribution is -2.61. The Balaban J connectivity index is 1.18. The molecule has 86 heavy (non-hydrogen) atoms. The maximum absolute atomic E-state index is 2.70. The first kappa shape index (κ1) is 54.3.